The van der Waals surface area contributed by atoms with E-state index in [4.69, 9.17) is 5.73 Å². The van der Waals surface area contributed by atoms with Crippen molar-refractivity contribution in [3.8, 4) is 0 Å². The third kappa shape index (κ3) is 4.47. The Hall–Kier alpha value is -0.280. The van der Waals surface area contributed by atoms with Crippen LogP contribution in [-0.4, -0.2) is 30.4 Å². The Balaban J connectivity index is 0.00000256. The van der Waals surface area contributed by atoms with E-state index in [-0.39, 0.29) is 24.2 Å². The molecular weight excluding hydrogens is 236 g/mol. The van der Waals surface area contributed by atoms with Gasteiger partial charge in [-0.15, -0.1) is 12.4 Å². The SMILES string of the molecule is CCC1CCC(N(C)C(=O)C(C)CN)CC1.Cl. The number of halogens is 1. The number of amides is 1. The standard InChI is InChI=1S/C13H26N2O.ClH/c1-4-11-5-7-12(8-6-11)15(3)13(16)10(2)9-14;/h10-12H,4-9,14H2,1-3H3;1H. The minimum atomic E-state index is -0.0334. The summed E-state index contributed by atoms with van der Waals surface area (Å²) < 4.78 is 0. The predicted molar refractivity (Wildman–Crippen MR) is 74.3 cm³/mol. The van der Waals surface area contributed by atoms with Crippen molar-refractivity contribution in [1.82, 2.24) is 4.90 Å². The maximum atomic E-state index is 12.0. The molecule has 0 aliphatic heterocycles. The van der Waals surface area contributed by atoms with Crippen molar-refractivity contribution in [3.05, 3.63) is 0 Å². The van der Waals surface area contributed by atoms with Gasteiger partial charge in [-0.3, -0.25) is 4.79 Å². The smallest absolute Gasteiger partial charge is 0.226 e. The van der Waals surface area contributed by atoms with Crippen LogP contribution in [-0.2, 0) is 4.79 Å². The summed E-state index contributed by atoms with van der Waals surface area (Å²) in [5, 5.41) is 0. The molecule has 0 heterocycles. The molecule has 2 N–H and O–H groups in total. The van der Waals surface area contributed by atoms with Gasteiger partial charge in [0, 0.05) is 25.6 Å². The number of carbonyl (C=O) groups excluding carboxylic acids is 1. The van der Waals surface area contributed by atoms with Gasteiger partial charge in [-0.2, -0.15) is 0 Å². The molecule has 0 radical (unpaired) electrons. The van der Waals surface area contributed by atoms with E-state index >= 15 is 0 Å². The second-order valence-electron chi connectivity index (χ2n) is 5.17. The first-order valence-corrected chi connectivity index (χ1v) is 6.56. The predicted octanol–water partition coefficient (Wildman–Crippen LogP) is 2.43. The summed E-state index contributed by atoms with van der Waals surface area (Å²) in [5.41, 5.74) is 5.54. The van der Waals surface area contributed by atoms with Gasteiger partial charge in [0.15, 0.2) is 0 Å². The Morgan fingerprint density at radius 2 is 1.88 bits per heavy atom. The molecule has 1 atom stereocenters. The van der Waals surface area contributed by atoms with Gasteiger partial charge in [0.1, 0.15) is 0 Å². The van der Waals surface area contributed by atoms with Crippen LogP contribution in [0, 0.1) is 11.8 Å². The van der Waals surface area contributed by atoms with Gasteiger partial charge in [0.05, 0.1) is 0 Å². The van der Waals surface area contributed by atoms with Gasteiger partial charge in [-0.25, -0.2) is 0 Å². The van der Waals surface area contributed by atoms with Crippen molar-refractivity contribution >= 4 is 18.3 Å². The van der Waals surface area contributed by atoms with Gasteiger partial charge in [0.25, 0.3) is 0 Å². The molecule has 1 saturated carbocycles. The van der Waals surface area contributed by atoms with E-state index < -0.39 is 0 Å². The molecule has 1 unspecified atom stereocenters. The number of rotatable bonds is 4. The second kappa shape index (κ2) is 7.93. The summed E-state index contributed by atoms with van der Waals surface area (Å²) in [6, 6.07) is 0.448. The Morgan fingerprint density at radius 3 is 2.29 bits per heavy atom. The minimum Gasteiger partial charge on any atom is -0.343 e. The van der Waals surface area contributed by atoms with Gasteiger partial charge in [0.2, 0.25) is 5.91 Å². The van der Waals surface area contributed by atoms with Crippen LogP contribution in [0.2, 0.25) is 0 Å². The average molecular weight is 263 g/mol. The molecule has 1 rings (SSSR count). The van der Waals surface area contributed by atoms with Crippen molar-refractivity contribution in [3.63, 3.8) is 0 Å². The molecule has 1 fully saturated rings. The summed E-state index contributed by atoms with van der Waals surface area (Å²) in [6.07, 6.45) is 6.16. The van der Waals surface area contributed by atoms with E-state index in [1.807, 2.05) is 18.9 Å². The Labute approximate surface area is 112 Å². The molecule has 17 heavy (non-hydrogen) atoms. The first-order chi connectivity index (χ1) is 7.60. The van der Waals surface area contributed by atoms with Crippen LogP contribution in [0.5, 0.6) is 0 Å². The number of carbonyl (C=O) groups is 1. The van der Waals surface area contributed by atoms with Crippen molar-refractivity contribution in [1.29, 1.82) is 0 Å². The van der Waals surface area contributed by atoms with Crippen LogP contribution in [0.3, 0.4) is 0 Å². The monoisotopic (exact) mass is 262 g/mol. The lowest BCUT2D eigenvalue weighted by atomic mass is 9.84. The lowest BCUT2D eigenvalue weighted by Gasteiger charge is -2.35. The van der Waals surface area contributed by atoms with Crippen molar-refractivity contribution < 1.29 is 4.79 Å². The maximum absolute atomic E-state index is 12.0. The van der Waals surface area contributed by atoms with Crippen LogP contribution in [0.1, 0.15) is 46.0 Å². The fourth-order valence-corrected chi connectivity index (χ4v) is 2.57. The normalized spacial score (nSPS) is 25.9. The van der Waals surface area contributed by atoms with Crippen molar-refractivity contribution in [2.24, 2.45) is 17.6 Å². The maximum Gasteiger partial charge on any atom is 0.226 e. The number of hydrogen-bond donors (Lipinski definition) is 1. The summed E-state index contributed by atoms with van der Waals surface area (Å²) in [4.78, 5) is 13.9. The molecule has 0 aromatic carbocycles. The highest BCUT2D eigenvalue weighted by Gasteiger charge is 2.27. The average Bonchev–Trinajstić information content (AvgIpc) is 2.36. The first-order valence-electron chi connectivity index (χ1n) is 6.56. The van der Waals surface area contributed by atoms with E-state index in [2.05, 4.69) is 6.92 Å². The zero-order valence-electron chi connectivity index (χ0n) is 11.3. The molecule has 1 amide bonds. The molecule has 0 aromatic heterocycles. The molecular formula is C13H27ClN2O. The van der Waals surface area contributed by atoms with Crippen LogP contribution < -0.4 is 5.73 Å². The van der Waals surface area contributed by atoms with E-state index in [0.29, 0.717) is 12.6 Å². The molecule has 0 spiro atoms. The summed E-state index contributed by atoms with van der Waals surface area (Å²) in [6.45, 7) is 4.63. The Morgan fingerprint density at radius 1 is 1.35 bits per heavy atom. The molecule has 0 aromatic rings. The zero-order chi connectivity index (χ0) is 12.1. The molecule has 4 heteroatoms. The molecule has 0 saturated heterocycles. The first kappa shape index (κ1) is 16.7. The topological polar surface area (TPSA) is 46.3 Å². The third-order valence-corrected chi connectivity index (χ3v) is 4.06. The Kier molecular flexibility index (Phi) is 7.80. The van der Waals surface area contributed by atoms with Crippen LogP contribution >= 0.6 is 12.4 Å². The van der Waals surface area contributed by atoms with Gasteiger partial charge in [-0.1, -0.05) is 20.3 Å². The third-order valence-electron chi connectivity index (χ3n) is 4.06. The van der Waals surface area contributed by atoms with Gasteiger partial charge >= 0.3 is 0 Å². The van der Waals surface area contributed by atoms with Crippen LogP contribution in [0.4, 0.5) is 0 Å². The van der Waals surface area contributed by atoms with E-state index in [1.165, 1.54) is 19.3 Å². The fraction of sp³-hybridized carbons (Fsp3) is 0.923. The minimum absolute atomic E-state index is 0. The quantitative estimate of drug-likeness (QED) is 0.846. The molecule has 0 bridgehead atoms. The van der Waals surface area contributed by atoms with Crippen molar-refractivity contribution in [2.45, 2.75) is 52.0 Å². The Bertz CT molecular complexity index is 227. The lowest BCUT2D eigenvalue weighted by Crippen LogP contribution is -2.43. The van der Waals surface area contributed by atoms with E-state index in [1.54, 1.807) is 0 Å². The van der Waals surface area contributed by atoms with Crippen molar-refractivity contribution in [2.75, 3.05) is 13.6 Å². The summed E-state index contributed by atoms with van der Waals surface area (Å²) in [7, 11) is 1.94. The highest BCUT2D eigenvalue weighted by atomic mass is 35.5. The highest BCUT2D eigenvalue weighted by Crippen LogP contribution is 2.29. The molecule has 102 valence electrons. The zero-order valence-corrected chi connectivity index (χ0v) is 12.1. The van der Waals surface area contributed by atoms with Crippen LogP contribution in [0.25, 0.3) is 0 Å². The molecule has 1 aliphatic rings. The largest absolute Gasteiger partial charge is 0.343 e. The number of nitrogens with zero attached hydrogens (tertiary/aromatic N) is 1. The summed E-state index contributed by atoms with van der Waals surface area (Å²) in [5.74, 6) is 1.06. The lowest BCUT2D eigenvalue weighted by molar-refractivity contribution is -0.136. The van der Waals surface area contributed by atoms with E-state index in [0.717, 1.165) is 18.8 Å². The number of hydrogen-bond acceptors (Lipinski definition) is 2. The van der Waals surface area contributed by atoms with Crippen LogP contribution in [0.15, 0.2) is 0 Å². The van der Waals surface area contributed by atoms with E-state index in [9.17, 15) is 4.79 Å². The molecule has 3 nitrogen and oxygen atoms in total. The van der Waals surface area contributed by atoms with Gasteiger partial charge < -0.3 is 10.6 Å². The second-order valence-corrected chi connectivity index (χ2v) is 5.17. The highest BCUT2D eigenvalue weighted by molar-refractivity contribution is 5.85. The molecule has 1 aliphatic carbocycles. The fourth-order valence-electron chi connectivity index (χ4n) is 2.57. The van der Waals surface area contributed by atoms with Gasteiger partial charge in [-0.05, 0) is 31.6 Å². The summed E-state index contributed by atoms with van der Waals surface area (Å²) >= 11 is 0. The number of nitrogens with two attached hydrogens (primary N) is 1.